The lowest BCUT2D eigenvalue weighted by Gasteiger charge is -2.15. The van der Waals surface area contributed by atoms with Gasteiger partial charge in [-0.05, 0) is 62.8 Å². The van der Waals surface area contributed by atoms with Crippen LogP contribution in [0.5, 0.6) is 5.75 Å². The Labute approximate surface area is 164 Å². The molecule has 2 aromatic carbocycles. The van der Waals surface area contributed by atoms with Gasteiger partial charge in [0.1, 0.15) is 12.2 Å². The molecule has 0 aliphatic heterocycles. The fraction of sp³-hybridized carbons (Fsp3) is 0.250. The lowest BCUT2D eigenvalue weighted by atomic mass is 9.96. The summed E-state index contributed by atoms with van der Waals surface area (Å²) in [7, 11) is 0. The van der Waals surface area contributed by atoms with E-state index in [4.69, 9.17) is 27.7 Å². The van der Waals surface area contributed by atoms with Crippen LogP contribution in [-0.2, 0) is 6.42 Å². The van der Waals surface area contributed by atoms with Crippen molar-refractivity contribution in [2.75, 3.05) is 0 Å². The summed E-state index contributed by atoms with van der Waals surface area (Å²) >= 11 is 18.3. The van der Waals surface area contributed by atoms with Crippen LogP contribution in [0.3, 0.4) is 0 Å². The highest BCUT2D eigenvalue weighted by atomic mass is 127. The summed E-state index contributed by atoms with van der Waals surface area (Å²) in [5.74, 6) is 1.36. The molecule has 0 heterocycles. The molecule has 0 aromatic heterocycles. The summed E-state index contributed by atoms with van der Waals surface area (Å²) in [5.41, 5.74) is 3.34. The van der Waals surface area contributed by atoms with Crippen molar-refractivity contribution in [3.63, 3.8) is 0 Å². The lowest BCUT2D eigenvalue weighted by molar-refractivity contribution is 0.622. The Morgan fingerprint density at radius 3 is 2.36 bits per heavy atom. The Hall–Kier alpha value is 0.460. The summed E-state index contributed by atoms with van der Waals surface area (Å²) in [6.07, 6.45) is 0.706. The molecule has 0 fully saturated rings. The first kappa shape index (κ1) is 18.8. The molecule has 0 aliphatic carbocycles. The van der Waals surface area contributed by atoms with Crippen LogP contribution in [0.2, 0.25) is 10.0 Å². The fourth-order valence-corrected chi connectivity index (χ4v) is 4.56. The molecule has 0 N–H and O–H groups in total. The third-order valence-electron chi connectivity index (χ3n) is 3.33. The minimum atomic E-state index is 0.401. The second-order valence-electron chi connectivity index (χ2n) is 5.23. The summed E-state index contributed by atoms with van der Waals surface area (Å²) in [6, 6.07) is 10.1. The quantitative estimate of drug-likeness (QED) is 0.282. The summed E-state index contributed by atoms with van der Waals surface area (Å²) in [4.78, 5) is 0. The van der Waals surface area contributed by atoms with Crippen LogP contribution >= 0.6 is 67.6 Å². The normalized spacial score (nSPS) is 11.6. The number of benzene rings is 2. The Balaban J connectivity index is 2.36. The monoisotopic (exact) mass is 530 g/mol. The summed E-state index contributed by atoms with van der Waals surface area (Å²) in [6.45, 7) is 4.75. The van der Waals surface area contributed by atoms with Crippen molar-refractivity contribution in [2.45, 2.75) is 26.2 Å². The minimum absolute atomic E-state index is 0.401. The van der Waals surface area contributed by atoms with E-state index in [1.165, 1.54) is 11.1 Å². The van der Waals surface area contributed by atoms with Gasteiger partial charge < -0.3 is 4.52 Å². The standard InChI is InChI=1S/C16H15BrCl2IOP/c1-9(2)12-5-10(3-4-16(12)21-22-20)6-13-14(18)7-11(17)8-15(13)19/h3-5,7-9,22H,6H2,1-2H3. The molecule has 1 atom stereocenters. The molecule has 0 radical (unpaired) electrons. The minimum Gasteiger partial charge on any atom is -0.466 e. The van der Waals surface area contributed by atoms with E-state index < -0.39 is 0 Å². The third-order valence-corrected chi connectivity index (χ3v) is 5.42. The molecule has 0 amide bonds. The average Bonchev–Trinajstić information content (AvgIpc) is 2.44. The molecule has 2 rings (SSSR count). The van der Waals surface area contributed by atoms with Crippen LogP contribution in [0, 0.1) is 0 Å². The smallest absolute Gasteiger partial charge is 0.137 e. The van der Waals surface area contributed by atoms with Crippen molar-refractivity contribution in [3.8, 4) is 5.75 Å². The van der Waals surface area contributed by atoms with E-state index in [1.54, 1.807) is 0 Å². The molecular formula is C16H15BrCl2IOP. The number of rotatable bonds is 5. The Bertz CT molecular complexity index is 656. The first-order chi connectivity index (χ1) is 10.4. The van der Waals surface area contributed by atoms with E-state index in [9.17, 15) is 0 Å². The number of hydrogen-bond donors (Lipinski definition) is 0. The lowest BCUT2D eigenvalue weighted by Crippen LogP contribution is -1.97. The van der Waals surface area contributed by atoms with Crippen molar-refractivity contribution in [1.29, 1.82) is 0 Å². The molecule has 1 nitrogen and oxygen atoms in total. The highest BCUT2D eigenvalue weighted by Crippen LogP contribution is 2.36. The van der Waals surface area contributed by atoms with Crippen LogP contribution in [0.25, 0.3) is 0 Å². The SMILES string of the molecule is CC(C)c1cc(Cc2c(Cl)cc(Br)cc2Cl)ccc1OPI. The van der Waals surface area contributed by atoms with E-state index in [0.717, 1.165) is 15.8 Å². The molecule has 0 aliphatic rings. The Kier molecular flexibility index (Phi) is 7.28. The summed E-state index contributed by atoms with van der Waals surface area (Å²) < 4.78 is 6.61. The molecule has 0 bridgehead atoms. The zero-order chi connectivity index (χ0) is 16.3. The topological polar surface area (TPSA) is 9.23 Å². The molecule has 0 saturated carbocycles. The van der Waals surface area contributed by atoms with Gasteiger partial charge >= 0.3 is 0 Å². The third kappa shape index (κ3) is 4.73. The van der Waals surface area contributed by atoms with Crippen LogP contribution in [-0.4, -0.2) is 0 Å². The highest BCUT2D eigenvalue weighted by molar-refractivity contribution is 14.2. The second kappa shape index (κ2) is 8.53. The van der Waals surface area contributed by atoms with Crippen molar-refractivity contribution < 1.29 is 4.52 Å². The highest BCUT2D eigenvalue weighted by Gasteiger charge is 2.12. The van der Waals surface area contributed by atoms with Crippen molar-refractivity contribution in [2.24, 2.45) is 0 Å². The maximum atomic E-state index is 6.33. The molecule has 2 aromatic rings. The molecule has 0 saturated heterocycles. The second-order valence-corrected chi connectivity index (χ2v) is 8.64. The van der Waals surface area contributed by atoms with E-state index >= 15 is 0 Å². The van der Waals surface area contributed by atoms with Gasteiger partial charge in [0.25, 0.3) is 0 Å². The maximum absolute atomic E-state index is 6.33. The molecular weight excluding hydrogens is 517 g/mol. The van der Waals surface area contributed by atoms with E-state index in [-0.39, 0.29) is 0 Å². The van der Waals surface area contributed by atoms with Gasteiger partial charge in [-0.15, -0.1) is 0 Å². The van der Waals surface area contributed by atoms with Gasteiger partial charge in [0.05, 0.1) is 0 Å². The molecule has 1 unspecified atom stereocenters. The van der Waals surface area contributed by atoms with Crippen LogP contribution in [0.4, 0.5) is 0 Å². The van der Waals surface area contributed by atoms with Crippen molar-refractivity contribution >= 4 is 67.6 Å². The van der Waals surface area contributed by atoms with Gasteiger partial charge in [0.15, 0.2) is 0 Å². The Morgan fingerprint density at radius 2 is 1.82 bits per heavy atom. The first-order valence-corrected chi connectivity index (χ1v) is 12.3. The zero-order valence-corrected chi connectivity index (χ0v) is 18.3. The van der Waals surface area contributed by atoms with E-state index in [2.05, 4.69) is 64.0 Å². The zero-order valence-electron chi connectivity index (χ0n) is 12.1. The van der Waals surface area contributed by atoms with Crippen LogP contribution in [0.15, 0.2) is 34.8 Å². The predicted octanol–water partition coefficient (Wildman–Crippen LogP) is 7.79. The van der Waals surface area contributed by atoms with Crippen molar-refractivity contribution in [1.82, 2.24) is 0 Å². The van der Waals surface area contributed by atoms with E-state index in [1.807, 2.05) is 18.2 Å². The molecule has 0 spiro atoms. The van der Waals surface area contributed by atoms with Crippen LogP contribution < -0.4 is 4.52 Å². The first-order valence-electron chi connectivity index (χ1n) is 6.71. The molecule has 22 heavy (non-hydrogen) atoms. The van der Waals surface area contributed by atoms with Gasteiger partial charge in [0.2, 0.25) is 0 Å². The van der Waals surface area contributed by atoms with Crippen molar-refractivity contribution in [3.05, 3.63) is 61.5 Å². The summed E-state index contributed by atoms with van der Waals surface area (Å²) in [5, 5.41) is 1.36. The van der Waals surface area contributed by atoms with Crippen LogP contribution in [0.1, 0.15) is 36.5 Å². The van der Waals surface area contributed by atoms with Gasteiger partial charge in [0, 0.05) is 20.9 Å². The van der Waals surface area contributed by atoms with Gasteiger partial charge in [-0.3, -0.25) is 0 Å². The maximum Gasteiger partial charge on any atom is 0.137 e. The number of hydrogen-bond acceptors (Lipinski definition) is 1. The predicted molar refractivity (Wildman–Crippen MR) is 110 cm³/mol. The van der Waals surface area contributed by atoms with Gasteiger partial charge in [-0.25, -0.2) is 0 Å². The number of halogens is 4. The van der Waals surface area contributed by atoms with Gasteiger partial charge in [-0.2, -0.15) is 0 Å². The molecule has 6 heteroatoms. The fourth-order valence-electron chi connectivity index (χ4n) is 2.24. The molecule has 118 valence electrons. The van der Waals surface area contributed by atoms with E-state index in [0.29, 0.717) is 28.8 Å². The Morgan fingerprint density at radius 1 is 1.18 bits per heavy atom. The largest absolute Gasteiger partial charge is 0.466 e. The van der Waals surface area contributed by atoms with Gasteiger partial charge in [-0.1, -0.05) is 65.1 Å². The average molecular weight is 532 g/mol.